The standard InChI is InChI=1S/C14H14N2/c1-16-8-4-6-12(10-16)14-9-11-5-2-3-7-13(11)15-14/h2-5,7-10,12H,6H2,1H3. The van der Waals surface area contributed by atoms with Crippen LogP contribution in [0.1, 0.15) is 18.0 Å². The van der Waals surface area contributed by atoms with Crippen LogP contribution < -0.4 is 4.98 Å². The molecule has 2 heterocycles. The summed E-state index contributed by atoms with van der Waals surface area (Å²) in [5.74, 6) is 0.419. The molecule has 1 unspecified atom stereocenters. The van der Waals surface area contributed by atoms with E-state index in [-0.39, 0.29) is 0 Å². The summed E-state index contributed by atoms with van der Waals surface area (Å²) in [5, 5.41) is 1.24. The fourth-order valence-electron chi connectivity index (χ4n) is 2.20. The molecule has 1 aromatic carbocycles. The molecule has 2 aromatic rings. The number of hydrogen-bond acceptors (Lipinski definition) is 0. The lowest BCUT2D eigenvalue weighted by Gasteiger charge is -2.15. The fourth-order valence-corrected chi connectivity index (χ4v) is 2.20. The van der Waals surface area contributed by atoms with E-state index in [0.29, 0.717) is 5.92 Å². The maximum Gasteiger partial charge on any atom is 0.164 e. The minimum atomic E-state index is 0.419. The van der Waals surface area contributed by atoms with Gasteiger partial charge in [-0.1, -0.05) is 30.3 Å². The van der Waals surface area contributed by atoms with E-state index in [4.69, 9.17) is 0 Å². The number of aromatic nitrogens is 1. The molecule has 16 heavy (non-hydrogen) atoms. The molecule has 0 spiro atoms. The van der Waals surface area contributed by atoms with Crippen molar-refractivity contribution < 1.29 is 4.58 Å². The van der Waals surface area contributed by atoms with Gasteiger partial charge in [-0.25, -0.2) is 4.58 Å². The highest BCUT2D eigenvalue weighted by Gasteiger charge is 2.11. The average molecular weight is 210 g/mol. The van der Waals surface area contributed by atoms with Gasteiger partial charge in [0.15, 0.2) is 12.4 Å². The molecular formula is C14H14N2. The first-order chi connectivity index (χ1) is 7.83. The van der Waals surface area contributed by atoms with Gasteiger partial charge in [-0.3, -0.25) is 0 Å². The summed E-state index contributed by atoms with van der Waals surface area (Å²) in [6.45, 7) is 0. The Hall–Kier alpha value is -1.83. The Kier molecular flexibility index (Phi) is 2.13. The molecule has 1 aliphatic heterocycles. The number of allylic oxidation sites excluding steroid dienone is 1. The van der Waals surface area contributed by atoms with E-state index in [1.165, 1.54) is 11.1 Å². The molecule has 0 bridgehead atoms. The van der Waals surface area contributed by atoms with Crippen LogP contribution in [0.5, 0.6) is 0 Å². The normalized spacial score (nSPS) is 20.1. The van der Waals surface area contributed by atoms with Crippen molar-refractivity contribution >= 4 is 17.1 Å². The van der Waals surface area contributed by atoms with Gasteiger partial charge < -0.3 is 4.98 Å². The third kappa shape index (κ3) is 1.56. The monoisotopic (exact) mass is 210 g/mol. The lowest BCUT2D eigenvalue weighted by molar-refractivity contribution is -0.420. The molecule has 3 rings (SSSR count). The number of rotatable bonds is 1. The lowest BCUT2D eigenvalue weighted by atomic mass is 10.0. The maximum atomic E-state index is 4.68. The van der Waals surface area contributed by atoms with E-state index in [1.54, 1.807) is 0 Å². The predicted octanol–water partition coefficient (Wildman–Crippen LogP) is 2.51. The minimum absolute atomic E-state index is 0.419. The van der Waals surface area contributed by atoms with Crippen LogP contribution in [-0.2, 0) is 0 Å². The summed E-state index contributed by atoms with van der Waals surface area (Å²) in [4.78, 5) is 4.68. The van der Waals surface area contributed by atoms with Crippen molar-refractivity contribution in [2.75, 3.05) is 7.05 Å². The van der Waals surface area contributed by atoms with Crippen LogP contribution in [0.3, 0.4) is 0 Å². The molecule has 0 fully saturated rings. The summed E-state index contributed by atoms with van der Waals surface area (Å²) in [6, 6.07) is 10.5. The fraction of sp³-hybridized carbons (Fsp3) is 0.214. The molecule has 0 amide bonds. The van der Waals surface area contributed by atoms with Crippen molar-refractivity contribution in [2.24, 2.45) is 0 Å². The highest BCUT2D eigenvalue weighted by atomic mass is 14.9. The van der Waals surface area contributed by atoms with E-state index in [1.807, 2.05) is 6.07 Å². The topological polar surface area (TPSA) is 17.1 Å². The van der Waals surface area contributed by atoms with E-state index < -0.39 is 0 Å². The van der Waals surface area contributed by atoms with E-state index >= 15 is 0 Å². The van der Waals surface area contributed by atoms with Crippen LogP contribution in [-0.4, -0.2) is 17.8 Å². The Morgan fingerprint density at radius 1 is 1.31 bits per heavy atom. The zero-order chi connectivity index (χ0) is 11.0. The molecule has 0 saturated heterocycles. The summed E-state index contributed by atoms with van der Waals surface area (Å²) in [5.41, 5.74) is 2.28. The SMILES string of the molecule is C[N+]1=CC(c2cc3ccccc3[n-]2)CC=C1. The Balaban J connectivity index is 2.03. The largest absolute Gasteiger partial charge is 0.660 e. The maximum absolute atomic E-state index is 4.68. The predicted molar refractivity (Wildman–Crippen MR) is 66.0 cm³/mol. The van der Waals surface area contributed by atoms with Gasteiger partial charge in [-0.05, 0) is 17.9 Å². The second-order valence-electron chi connectivity index (χ2n) is 4.28. The van der Waals surface area contributed by atoms with Crippen molar-refractivity contribution in [3.63, 3.8) is 0 Å². The van der Waals surface area contributed by atoms with Gasteiger partial charge in [0.1, 0.15) is 7.05 Å². The van der Waals surface area contributed by atoms with Gasteiger partial charge in [-0.15, -0.1) is 11.2 Å². The van der Waals surface area contributed by atoms with Crippen molar-refractivity contribution in [2.45, 2.75) is 12.3 Å². The van der Waals surface area contributed by atoms with E-state index in [9.17, 15) is 0 Å². The first-order valence-corrected chi connectivity index (χ1v) is 5.59. The first kappa shape index (κ1) is 9.40. The highest BCUT2D eigenvalue weighted by Crippen LogP contribution is 2.23. The highest BCUT2D eigenvalue weighted by molar-refractivity contribution is 5.81. The Morgan fingerprint density at radius 3 is 3.00 bits per heavy atom. The number of hydrogen-bond donors (Lipinski definition) is 0. The van der Waals surface area contributed by atoms with Gasteiger partial charge >= 0.3 is 0 Å². The van der Waals surface area contributed by atoms with E-state index in [0.717, 1.165) is 11.9 Å². The smallest absolute Gasteiger partial charge is 0.164 e. The lowest BCUT2D eigenvalue weighted by Crippen LogP contribution is -2.12. The molecule has 1 aromatic heterocycles. The molecule has 0 aliphatic carbocycles. The summed E-state index contributed by atoms with van der Waals surface area (Å²) >= 11 is 0. The molecule has 1 aliphatic rings. The second-order valence-corrected chi connectivity index (χ2v) is 4.28. The number of para-hydroxylation sites is 1. The zero-order valence-electron chi connectivity index (χ0n) is 9.30. The second kappa shape index (κ2) is 3.63. The Bertz CT molecular complexity index is 542. The minimum Gasteiger partial charge on any atom is -0.660 e. The first-order valence-electron chi connectivity index (χ1n) is 5.59. The van der Waals surface area contributed by atoms with Gasteiger partial charge in [0.2, 0.25) is 0 Å². The van der Waals surface area contributed by atoms with Crippen LogP contribution in [0.4, 0.5) is 0 Å². The van der Waals surface area contributed by atoms with Crippen molar-refractivity contribution in [1.29, 1.82) is 0 Å². The zero-order valence-corrected chi connectivity index (χ0v) is 9.30. The van der Waals surface area contributed by atoms with Crippen molar-refractivity contribution in [3.05, 3.63) is 48.3 Å². The molecule has 80 valence electrons. The van der Waals surface area contributed by atoms with Gasteiger partial charge in [0, 0.05) is 5.92 Å². The summed E-state index contributed by atoms with van der Waals surface area (Å²) < 4.78 is 2.10. The van der Waals surface area contributed by atoms with Crippen LogP contribution in [0.15, 0.2) is 42.6 Å². The van der Waals surface area contributed by atoms with Crippen molar-refractivity contribution in [1.82, 2.24) is 4.98 Å². The number of nitrogens with zero attached hydrogens (tertiary/aromatic N) is 2. The Labute approximate surface area is 94.9 Å². The number of fused-ring (bicyclic) bond motifs is 1. The van der Waals surface area contributed by atoms with Crippen LogP contribution in [0, 0.1) is 0 Å². The molecule has 0 N–H and O–H groups in total. The van der Waals surface area contributed by atoms with Gasteiger partial charge in [-0.2, -0.15) is 0 Å². The molecule has 1 atom stereocenters. The van der Waals surface area contributed by atoms with Gasteiger partial charge in [0.05, 0.1) is 0 Å². The molecule has 0 saturated carbocycles. The van der Waals surface area contributed by atoms with Crippen LogP contribution in [0.2, 0.25) is 0 Å². The average Bonchev–Trinajstić information content (AvgIpc) is 2.72. The molecule has 2 heteroatoms. The summed E-state index contributed by atoms with van der Waals surface area (Å²) in [6.07, 6.45) is 7.57. The molecule has 2 nitrogen and oxygen atoms in total. The van der Waals surface area contributed by atoms with Crippen LogP contribution >= 0.6 is 0 Å². The molecule has 0 radical (unpaired) electrons. The molecular weight excluding hydrogens is 196 g/mol. The van der Waals surface area contributed by atoms with Crippen LogP contribution in [0.25, 0.3) is 10.9 Å². The van der Waals surface area contributed by atoms with Gasteiger partial charge in [0.25, 0.3) is 0 Å². The third-order valence-electron chi connectivity index (χ3n) is 3.02. The summed E-state index contributed by atoms with van der Waals surface area (Å²) in [7, 11) is 2.06. The quantitative estimate of drug-likeness (QED) is 0.661. The number of benzene rings is 1. The van der Waals surface area contributed by atoms with E-state index in [2.05, 4.69) is 59.4 Å². The van der Waals surface area contributed by atoms with Crippen molar-refractivity contribution in [3.8, 4) is 0 Å². The third-order valence-corrected chi connectivity index (χ3v) is 3.02. The Morgan fingerprint density at radius 2 is 2.19 bits per heavy atom.